The molecule has 0 fully saturated rings. The molecule has 0 aliphatic rings. The second-order valence-corrected chi connectivity index (χ2v) is 7.40. The summed E-state index contributed by atoms with van der Waals surface area (Å²) in [6.45, 7) is 7.42. The summed E-state index contributed by atoms with van der Waals surface area (Å²) in [5, 5.41) is 7.83. The molecular weight excluding hydrogens is 274 g/mol. The Kier molecular flexibility index (Phi) is 6.68. The molecule has 1 N–H and O–H groups in total. The molecule has 1 rings (SSSR count). The minimum atomic E-state index is -2.88. The first kappa shape index (κ1) is 17.2. The summed E-state index contributed by atoms with van der Waals surface area (Å²) < 4.78 is 25.1. The maximum Gasteiger partial charge on any atom is 0.150 e. The molecule has 1 heterocycles. The molecular formula is C14H27N3O2S. The van der Waals surface area contributed by atoms with Crippen molar-refractivity contribution >= 4 is 9.84 Å². The average Bonchev–Trinajstić information content (AvgIpc) is 2.76. The summed E-state index contributed by atoms with van der Waals surface area (Å²) in [4.78, 5) is 0. The molecule has 20 heavy (non-hydrogen) atoms. The fourth-order valence-corrected chi connectivity index (χ4v) is 3.27. The number of sulfone groups is 1. The largest absolute Gasteiger partial charge is 0.316 e. The number of aromatic nitrogens is 2. The van der Waals surface area contributed by atoms with Gasteiger partial charge in [0.2, 0.25) is 0 Å². The van der Waals surface area contributed by atoms with Gasteiger partial charge < -0.3 is 5.32 Å². The lowest BCUT2D eigenvalue weighted by molar-refractivity contribution is 0.556. The maximum absolute atomic E-state index is 11.5. The summed E-state index contributed by atoms with van der Waals surface area (Å²) in [7, 11) is -0.947. The third-order valence-electron chi connectivity index (χ3n) is 3.54. The molecule has 0 aliphatic carbocycles. The Morgan fingerprint density at radius 2 is 1.90 bits per heavy atom. The molecule has 0 amide bonds. The number of nitrogens with zero attached hydrogens (tertiary/aromatic N) is 2. The van der Waals surface area contributed by atoms with Crippen LogP contribution in [0.25, 0.3) is 0 Å². The van der Waals surface area contributed by atoms with Crippen molar-refractivity contribution in [3.05, 3.63) is 17.0 Å². The van der Waals surface area contributed by atoms with Crippen molar-refractivity contribution < 1.29 is 8.42 Å². The van der Waals surface area contributed by atoms with E-state index in [1.807, 2.05) is 11.7 Å². The molecule has 1 aromatic rings. The molecule has 0 radical (unpaired) electrons. The van der Waals surface area contributed by atoms with Crippen LogP contribution in [0.4, 0.5) is 0 Å². The standard InChI is InChI=1S/C14H27N3O2S/c1-5-13-12(11-15-4)14(6-2)17(16-13)9-8-10-20(18,19)7-3/h15H,5-11H2,1-4H3. The van der Waals surface area contributed by atoms with Crippen LogP contribution in [0.15, 0.2) is 0 Å². The van der Waals surface area contributed by atoms with E-state index in [-0.39, 0.29) is 11.5 Å². The Balaban J connectivity index is 2.84. The van der Waals surface area contributed by atoms with Crippen LogP contribution in [0.5, 0.6) is 0 Å². The maximum atomic E-state index is 11.5. The van der Waals surface area contributed by atoms with Crippen LogP contribution in [0.3, 0.4) is 0 Å². The van der Waals surface area contributed by atoms with Crippen molar-refractivity contribution in [2.24, 2.45) is 0 Å². The van der Waals surface area contributed by atoms with E-state index in [4.69, 9.17) is 0 Å². The molecule has 0 atom stereocenters. The first-order chi connectivity index (χ1) is 9.49. The summed E-state index contributed by atoms with van der Waals surface area (Å²) >= 11 is 0. The van der Waals surface area contributed by atoms with E-state index in [1.54, 1.807) is 6.92 Å². The van der Waals surface area contributed by atoms with Crippen LogP contribution in [0, 0.1) is 0 Å². The molecule has 0 bridgehead atoms. The molecule has 0 unspecified atom stereocenters. The zero-order valence-corrected chi connectivity index (χ0v) is 13.9. The highest BCUT2D eigenvalue weighted by Gasteiger charge is 2.15. The first-order valence-corrected chi connectivity index (χ1v) is 9.23. The van der Waals surface area contributed by atoms with Crippen LogP contribution >= 0.6 is 0 Å². The minimum absolute atomic E-state index is 0.220. The van der Waals surface area contributed by atoms with E-state index in [0.717, 1.165) is 25.1 Å². The van der Waals surface area contributed by atoms with Crippen LogP contribution in [-0.2, 0) is 35.8 Å². The quantitative estimate of drug-likeness (QED) is 0.751. The summed E-state index contributed by atoms with van der Waals surface area (Å²) in [6.07, 6.45) is 2.46. The molecule has 0 aliphatic heterocycles. The van der Waals surface area contributed by atoms with E-state index in [1.165, 1.54) is 11.3 Å². The van der Waals surface area contributed by atoms with Crippen LogP contribution in [-0.4, -0.2) is 36.8 Å². The van der Waals surface area contributed by atoms with Crippen molar-refractivity contribution in [3.63, 3.8) is 0 Å². The zero-order chi connectivity index (χ0) is 15.2. The molecule has 0 saturated heterocycles. The van der Waals surface area contributed by atoms with Crippen molar-refractivity contribution in [1.82, 2.24) is 15.1 Å². The monoisotopic (exact) mass is 301 g/mol. The highest BCUT2D eigenvalue weighted by atomic mass is 32.2. The third-order valence-corrected chi connectivity index (χ3v) is 5.33. The number of hydrogen-bond acceptors (Lipinski definition) is 4. The summed E-state index contributed by atoms with van der Waals surface area (Å²) in [6, 6.07) is 0. The van der Waals surface area contributed by atoms with Crippen LogP contribution in [0.2, 0.25) is 0 Å². The summed E-state index contributed by atoms with van der Waals surface area (Å²) in [5.74, 6) is 0.466. The van der Waals surface area contributed by atoms with Gasteiger partial charge in [-0.15, -0.1) is 0 Å². The van der Waals surface area contributed by atoms with Gasteiger partial charge in [0.05, 0.1) is 11.4 Å². The SMILES string of the molecule is CCc1nn(CCCS(=O)(=O)CC)c(CC)c1CNC. The highest BCUT2D eigenvalue weighted by molar-refractivity contribution is 7.91. The van der Waals surface area contributed by atoms with Gasteiger partial charge in [-0.05, 0) is 26.3 Å². The molecule has 0 saturated carbocycles. The van der Waals surface area contributed by atoms with Crippen LogP contribution < -0.4 is 5.32 Å². The number of nitrogens with one attached hydrogen (secondary N) is 1. The molecule has 0 aromatic carbocycles. The van der Waals surface area contributed by atoms with Gasteiger partial charge >= 0.3 is 0 Å². The molecule has 1 aromatic heterocycles. The number of rotatable bonds is 9. The topological polar surface area (TPSA) is 64.0 Å². The first-order valence-electron chi connectivity index (χ1n) is 7.41. The predicted molar refractivity (Wildman–Crippen MR) is 82.7 cm³/mol. The van der Waals surface area contributed by atoms with E-state index >= 15 is 0 Å². The van der Waals surface area contributed by atoms with Gasteiger partial charge in [-0.3, -0.25) is 4.68 Å². The normalized spacial score (nSPS) is 12.0. The molecule has 0 spiro atoms. The Morgan fingerprint density at radius 1 is 1.20 bits per heavy atom. The van der Waals surface area contributed by atoms with Gasteiger partial charge in [-0.2, -0.15) is 5.10 Å². The Bertz CT molecular complexity index is 521. The lowest BCUT2D eigenvalue weighted by atomic mass is 10.1. The molecule has 5 nitrogen and oxygen atoms in total. The Hall–Kier alpha value is -0.880. The fraction of sp³-hybridized carbons (Fsp3) is 0.786. The summed E-state index contributed by atoms with van der Waals surface area (Å²) in [5.41, 5.74) is 3.62. The second kappa shape index (κ2) is 7.78. The lowest BCUT2D eigenvalue weighted by Gasteiger charge is -2.08. The van der Waals surface area contributed by atoms with Crippen molar-refractivity contribution in [2.75, 3.05) is 18.6 Å². The van der Waals surface area contributed by atoms with Gasteiger partial charge in [0.25, 0.3) is 0 Å². The Labute approximate surface area is 122 Å². The van der Waals surface area contributed by atoms with Gasteiger partial charge in [0.15, 0.2) is 0 Å². The highest BCUT2D eigenvalue weighted by Crippen LogP contribution is 2.16. The fourth-order valence-electron chi connectivity index (χ4n) is 2.41. The smallest absolute Gasteiger partial charge is 0.150 e. The zero-order valence-electron chi connectivity index (χ0n) is 13.1. The second-order valence-electron chi connectivity index (χ2n) is 4.92. The number of hydrogen-bond donors (Lipinski definition) is 1. The minimum Gasteiger partial charge on any atom is -0.316 e. The van der Waals surface area contributed by atoms with E-state index in [0.29, 0.717) is 13.0 Å². The average molecular weight is 301 g/mol. The number of aryl methyl sites for hydroxylation is 2. The predicted octanol–water partition coefficient (Wildman–Crippen LogP) is 1.55. The van der Waals surface area contributed by atoms with E-state index in [2.05, 4.69) is 24.3 Å². The molecule has 6 heteroatoms. The van der Waals surface area contributed by atoms with E-state index < -0.39 is 9.84 Å². The van der Waals surface area contributed by atoms with Gasteiger partial charge in [0, 0.05) is 30.1 Å². The van der Waals surface area contributed by atoms with Gasteiger partial charge in [-0.25, -0.2) is 8.42 Å². The van der Waals surface area contributed by atoms with Gasteiger partial charge in [-0.1, -0.05) is 20.8 Å². The van der Waals surface area contributed by atoms with Crippen LogP contribution in [0.1, 0.15) is 44.1 Å². The van der Waals surface area contributed by atoms with Gasteiger partial charge in [0.1, 0.15) is 9.84 Å². The van der Waals surface area contributed by atoms with Crippen molar-refractivity contribution in [3.8, 4) is 0 Å². The van der Waals surface area contributed by atoms with Crippen molar-refractivity contribution in [1.29, 1.82) is 0 Å². The third kappa shape index (κ3) is 4.31. The Morgan fingerprint density at radius 3 is 2.40 bits per heavy atom. The van der Waals surface area contributed by atoms with E-state index in [9.17, 15) is 8.42 Å². The molecule has 116 valence electrons. The lowest BCUT2D eigenvalue weighted by Crippen LogP contribution is -2.14. The van der Waals surface area contributed by atoms with Crippen molar-refractivity contribution in [2.45, 2.75) is 53.1 Å².